The molecule has 0 radical (unpaired) electrons. The molecule has 1 saturated carbocycles. The summed E-state index contributed by atoms with van der Waals surface area (Å²) in [4.78, 5) is 13.7. The monoisotopic (exact) mass is 414 g/mol. The fourth-order valence-electron chi connectivity index (χ4n) is 4.81. The van der Waals surface area contributed by atoms with Crippen molar-refractivity contribution >= 4 is 34.4 Å². The number of rotatable bonds is 6. The molecular formula is C28H31OP. The van der Waals surface area contributed by atoms with Gasteiger partial charge in [0.2, 0.25) is 0 Å². The first-order valence-electron chi connectivity index (χ1n) is 11.2. The summed E-state index contributed by atoms with van der Waals surface area (Å²) in [7, 11) is 0. The third-order valence-electron chi connectivity index (χ3n) is 6.64. The van der Waals surface area contributed by atoms with E-state index in [0.29, 0.717) is 5.78 Å². The summed E-state index contributed by atoms with van der Waals surface area (Å²) < 4.78 is 0. The van der Waals surface area contributed by atoms with Crippen LogP contribution >= 0.6 is 6.89 Å². The first-order chi connectivity index (χ1) is 14.7. The van der Waals surface area contributed by atoms with Gasteiger partial charge >= 0.3 is 0 Å². The van der Waals surface area contributed by atoms with Crippen molar-refractivity contribution in [1.82, 2.24) is 0 Å². The van der Waals surface area contributed by atoms with Crippen molar-refractivity contribution in [2.75, 3.05) is 0 Å². The van der Waals surface area contributed by atoms with Crippen molar-refractivity contribution in [3.8, 4) is 0 Å². The molecule has 1 aliphatic carbocycles. The number of Topliss-reactive ketones (excluding diaryl/α,β-unsaturated/α-hetero) is 1. The summed E-state index contributed by atoms with van der Waals surface area (Å²) in [5.41, 5.74) is 0. The van der Waals surface area contributed by atoms with E-state index in [1.54, 1.807) is 0 Å². The van der Waals surface area contributed by atoms with E-state index in [1.807, 2.05) is 0 Å². The maximum Gasteiger partial charge on any atom is 0.159 e. The minimum absolute atomic E-state index is 0.170. The highest BCUT2D eigenvalue weighted by molar-refractivity contribution is 7.95. The van der Waals surface area contributed by atoms with Gasteiger partial charge in [0.25, 0.3) is 0 Å². The Kier molecular flexibility index (Phi) is 6.70. The average Bonchev–Trinajstić information content (AvgIpc) is 2.84. The molecule has 154 valence electrons. The molecule has 0 atom stereocenters. The number of hydrogen-bond acceptors (Lipinski definition) is 1. The van der Waals surface area contributed by atoms with Crippen molar-refractivity contribution in [2.24, 2.45) is 11.8 Å². The minimum atomic E-state index is -2.17. The fraction of sp³-hybridized carbons (Fsp3) is 0.286. The highest BCUT2D eigenvalue weighted by atomic mass is 31.2. The minimum Gasteiger partial charge on any atom is -0.294 e. The lowest BCUT2D eigenvalue weighted by Crippen LogP contribution is -2.31. The van der Waals surface area contributed by atoms with Crippen LogP contribution in [0.4, 0.5) is 0 Å². The molecular weight excluding hydrogens is 383 g/mol. The van der Waals surface area contributed by atoms with Gasteiger partial charge < -0.3 is 0 Å². The van der Waals surface area contributed by atoms with Gasteiger partial charge in [-0.2, -0.15) is 0 Å². The molecule has 0 amide bonds. The quantitative estimate of drug-likeness (QED) is 0.482. The highest BCUT2D eigenvalue weighted by Gasteiger charge is 2.30. The van der Waals surface area contributed by atoms with E-state index in [4.69, 9.17) is 0 Å². The molecule has 0 N–H and O–H groups in total. The van der Waals surface area contributed by atoms with E-state index >= 15 is 0 Å². The highest BCUT2D eigenvalue weighted by Crippen LogP contribution is 2.44. The maximum atomic E-state index is 13.7. The first-order valence-corrected chi connectivity index (χ1v) is 13.0. The van der Waals surface area contributed by atoms with Crippen molar-refractivity contribution in [2.45, 2.75) is 39.0 Å². The second-order valence-electron chi connectivity index (χ2n) is 8.39. The van der Waals surface area contributed by atoms with E-state index in [0.717, 1.165) is 18.8 Å². The molecule has 1 aliphatic rings. The molecule has 1 fully saturated rings. The molecule has 0 aliphatic heterocycles. The lowest BCUT2D eigenvalue weighted by Gasteiger charge is -2.31. The van der Waals surface area contributed by atoms with Gasteiger partial charge in [-0.1, -0.05) is 104 Å². The lowest BCUT2D eigenvalue weighted by molar-refractivity contribution is -0.117. The molecule has 0 heterocycles. The fourth-order valence-corrected chi connectivity index (χ4v) is 8.67. The second-order valence-corrected chi connectivity index (χ2v) is 11.6. The van der Waals surface area contributed by atoms with Crippen molar-refractivity contribution < 1.29 is 4.79 Å². The van der Waals surface area contributed by atoms with Crippen LogP contribution < -0.4 is 15.9 Å². The van der Waals surface area contributed by atoms with Crippen LogP contribution in [0, 0.1) is 11.8 Å². The third kappa shape index (κ3) is 4.23. The topological polar surface area (TPSA) is 17.1 Å². The molecule has 3 aromatic rings. The molecule has 30 heavy (non-hydrogen) atoms. The van der Waals surface area contributed by atoms with Crippen molar-refractivity contribution in [1.29, 1.82) is 0 Å². The number of benzene rings is 3. The molecule has 4 rings (SSSR count). The Labute approximate surface area is 181 Å². The lowest BCUT2D eigenvalue weighted by atomic mass is 9.79. The molecule has 1 nitrogen and oxygen atoms in total. The average molecular weight is 415 g/mol. The Morgan fingerprint density at radius 1 is 0.733 bits per heavy atom. The Morgan fingerprint density at radius 3 is 1.50 bits per heavy atom. The van der Waals surface area contributed by atoms with Gasteiger partial charge in [-0.15, -0.1) is 0 Å². The summed E-state index contributed by atoms with van der Waals surface area (Å²) in [6.07, 6.45) is 5.68. The van der Waals surface area contributed by atoms with Gasteiger partial charge in [0.05, 0.1) is 0 Å². The van der Waals surface area contributed by atoms with Crippen LogP contribution in [0.2, 0.25) is 0 Å². The van der Waals surface area contributed by atoms with Crippen LogP contribution in [0.15, 0.2) is 91.0 Å². The van der Waals surface area contributed by atoms with Crippen molar-refractivity contribution in [3.63, 3.8) is 0 Å². The van der Waals surface area contributed by atoms with Gasteiger partial charge in [-0.05, 0) is 60.2 Å². The molecule has 0 bridgehead atoms. The van der Waals surface area contributed by atoms with Gasteiger partial charge in [0.1, 0.15) is 0 Å². The molecule has 0 saturated heterocycles. The van der Waals surface area contributed by atoms with Gasteiger partial charge in [0, 0.05) is 5.92 Å². The summed E-state index contributed by atoms with van der Waals surface area (Å²) in [6, 6.07) is 32.0. The largest absolute Gasteiger partial charge is 0.294 e. The Balaban J connectivity index is 1.89. The summed E-state index contributed by atoms with van der Waals surface area (Å²) in [5.74, 6) is 3.45. The zero-order valence-electron chi connectivity index (χ0n) is 17.8. The van der Waals surface area contributed by atoms with Crippen LogP contribution in [0.1, 0.15) is 39.0 Å². The predicted octanol–water partition coefficient (Wildman–Crippen LogP) is 5.57. The van der Waals surface area contributed by atoms with Gasteiger partial charge in [0.15, 0.2) is 5.78 Å². The van der Waals surface area contributed by atoms with Gasteiger partial charge in [-0.3, -0.25) is 4.79 Å². The molecule has 0 unspecified atom stereocenters. The zero-order valence-corrected chi connectivity index (χ0v) is 18.7. The smallest absolute Gasteiger partial charge is 0.159 e. The van der Waals surface area contributed by atoms with Crippen LogP contribution in [-0.4, -0.2) is 11.6 Å². The summed E-state index contributed by atoms with van der Waals surface area (Å²) in [5, 5.41) is 3.74. The zero-order chi connectivity index (χ0) is 20.8. The normalized spacial score (nSPS) is 19.2. The standard InChI is InChI=1S/C28H31OP/c1-2-23-18-20-24(21-19-23)28(29)22-30(25-12-6-3-7-13-25,26-14-8-4-9-15-26)27-16-10-5-11-17-27/h3-17,22-24H,2,18-21H2,1H3. The SMILES string of the molecule is CCC1CCC(C(=O)C=P(c2ccccc2)(c2ccccc2)c2ccccc2)CC1. The van der Waals surface area contributed by atoms with Crippen LogP contribution in [-0.2, 0) is 4.79 Å². The molecule has 0 spiro atoms. The second kappa shape index (κ2) is 9.63. The van der Waals surface area contributed by atoms with E-state index < -0.39 is 6.89 Å². The number of ketones is 1. The molecule has 2 heteroatoms. The number of carbonyl (C=O) groups excluding carboxylic acids is 1. The number of carbonyl (C=O) groups is 1. The third-order valence-corrected chi connectivity index (χ3v) is 10.6. The summed E-state index contributed by atoms with van der Waals surface area (Å²) in [6.45, 7) is 0.101. The van der Waals surface area contributed by atoms with E-state index in [-0.39, 0.29) is 5.92 Å². The van der Waals surface area contributed by atoms with E-state index in [1.165, 1.54) is 35.2 Å². The molecule has 3 aromatic carbocycles. The maximum absolute atomic E-state index is 13.7. The Morgan fingerprint density at radius 2 is 1.13 bits per heavy atom. The van der Waals surface area contributed by atoms with E-state index in [2.05, 4.69) is 104 Å². The summed E-state index contributed by atoms with van der Waals surface area (Å²) >= 11 is 0. The predicted molar refractivity (Wildman–Crippen MR) is 132 cm³/mol. The van der Waals surface area contributed by atoms with Crippen LogP contribution in [0.3, 0.4) is 0 Å². The van der Waals surface area contributed by atoms with Crippen molar-refractivity contribution in [3.05, 3.63) is 91.0 Å². The van der Waals surface area contributed by atoms with Gasteiger partial charge in [-0.25, -0.2) is 0 Å². The van der Waals surface area contributed by atoms with Crippen LogP contribution in [0.5, 0.6) is 0 Å². The Hall–Kier alpha value is -2.37. The molecule has 0 aromatic heterocycles. The van der Waals surface area contributed by atoms with E-state index in [9.17, 15) is 4.79 Å². The number of hydrogen-bond donors (Lipinski definition) is 0. The van der Waals surface area contributed by atoms with Crippen LogP contribution in [0.25, 0.3) is 0 Å². The first kappa shape index (κ1) is 20.9. The Bertz CT molecular complexity index is 897.